The highest BCUT2D eigenvalue weighted by Gasteiger charge is 2.24. The number of carbonyl (C=O) groups is 1. The van der Waals surface area contributed by atoms with Crippen molar-refractivity contribution < 1.29 is 4.79 Å². The van der Waals surface area contributed by atoms with Gasteiger partial charge in [-0.2, -0.15) is 10.1 Å². The summed E-state index contributed by atoms with van der Waals surface area (Å²) in [5.41, 5.74) is 0.649. The molecule has 1 N–H and O–H groups in total. The van der Waals surface area contributed by atoms with Crippen LogP contribution < -0.4 is 10.5 Å². The van der Waals surface area contributed by atoms with E-state index in [4.69, 9.17) is 16.6 Å². The second kappa shape index (κ2) is 7.75. The van der Waals surface area contributed by atoms with Gasteiger partial charge in [0, 0.05) is 36.8 Å². The number of hydrogen-bond donors (Lipinski definition) is 1. The number of aromatic amines is 1. The fourth-order valence-electron chi connectivity index (χ4n) is 3.68. The van der Waals surface area contributed by atoms with E-state index in [-0.39, 0.29) is 17.0 Å². The van der Waals surface area contributed by atoms with E-state index in [1.165, 1.54) is 0 Å². The summed E-state index contributed by atoms with van der Waals surface area (Å²) in [6.45, 7) is 8.50. The normalized spacial score (nSPS) is 15.5. The topological polar surface area (TPSA) is 87.1 Å². The second-order valence-corrected chi connectivity index (χ2v) is 8.93. The van der Waals surface area contributed by atoms with Crippen LogP contribution in [0.2, 0.25) is 5.02 Å². The van der Waals surface area contributed by atoms with Crippen LogP contribution in [0.15, 0.2) is 35.3 Å². The van der Waals surface area contributed by atoms with Crippen molar-refractivity contribution in [3.63, 3.8) is 0 Å². The molecule has 0 spiro atoms. The number of H-pyrrole nitrogens is 1. The summed E-state index contributed by atoms with van der Waals surface area (Å²) in [5.74, 6) is 0.470. The number of halogens is 1. The van der Waals surface area contributed by atoms with Crippen LogP contribution in [0.3, 0.4) is 0 Å². The molecule has 9 heteroatoms. The number of nitrogens with zero attached hydrogens (tertiary/aromatic N) is 5. The lowest BCUT2D eigenvalue weighted by Gasteiger charge is -2.23. The minimum atomic E-state index is -0.293. The zero-order valence-corrected chi connectivity index (χ0v) is 18.1. The van der Waals surface area contributed by atoms with Gasteiger partial charge in [-0.05, 0) is 45.4 Å². The standard InChI is InChI=1S/C21H25ClN6O2/c1-21(2,3)28-17-16(13-23-28)18(29)25-20(24-17)27-9-5-8-26(10-11-27)19(30)14-6-4-7-15(22)12-14/h4,6-7,12-13H,5,8-11H2,1-3H3,(H,24,25,29). The Hall–Kier alpha value is -2.87. The first-order valence-corrected chi connectivity index (χ1v) is 10.4. The maximum Gasteiger partial charge on any atom is 0.263 e. The van der Waals surface area contributed by atoms with E-state index in [1.807, 2.05) is 30.6 Å². The fraction of sp³-hybridized carbons (Fsp3) is 0.429. The number of amides is 1. The van der Waals surface area contributed by atoms with E-state index in [1.54, 1.807) is 35.1 Å². The molecule has 0 unspecified atom stereocenters. The van der Waals surface area contributed by atoms with Gasteiger partial charge in [-0.25, -0.2) is 4.68 Å². The largest absolute Gasteiger partial charge is 0.340 e. The maximum absolute atomic E-state index is 12.9. The molecule has 3 aromatic rings. The molecule has 1 amide bonds. The fourth-order valence-corrected chi connectivity index (χ4v) is 3.87. The molecule has 1 aliphatic heterocycles. The number of benzene rings is 1. The van der Waals surface area contributed by atoms with E-state index in [9.17, 15) is 9.59 Å². The Balaban J connectivity index is 1.58. The number of fused-ring (bicyclic) bond motifs is 1. The van der Waals surface area contributed by atoms with E-state index >= 15 is 0 Å². The van der Waals surface area contributed by atoms with Gasteiger partial charge in [0.2, 0.25) is 5.95 Å². The summed E-state index contributed by atoms with van der Waals surface area (Å²) >= 11 is 6.03. The minimum absolute atomic E-state index is 0.0398. The predicted octanol–water partition coefficient (Wildman–Crippen LogP) is 2.88. The number of nitrogens with one attached hydrogen (secondary N) is 1. The molecule has 8 nitrogen and oxygen atoms in total. The van der Waals surface area contributed by atoms with Crippen molar-refractivity contribution in [2.45, 2.75) is 32.7 Å². The third-order valence-electron chi connectivity index (χ3n) is 5.22. The molecule has 0 bridgehead atoms. The van der Waals surface area contributed by atoms with Gasteiger partial charge in [-0.15, -0.1) is 0 Å². The molecule has 0 radical (unpaired) electrons. The maximum atomic E-state index is 12.9. The van der Waals surface area contributed by atoms with E-state index in [0.29, 0.717) is 53.7 Å². The summed E-state index contributed by atoms with van der Waals surface area (Å²) in [7, 11) is 0. The van der Waals surface area contributed by atoms with Crippen LogP contribution in [0.4, 0.5) is 5.95 Å². The highest BCUT2D eigenvalue weighted by atomic mass is 35.5. The van der Waals surface area contributed by atoms with Crippen LogP contribution in [0, 0.1) is 0 Å². The highest BCUT2D eigenvalue weighted by Crippen LogP contribution is 2.21. The number of hydrogen-bond acceptors (Lipinski definition) is 5. The van der Waals surface area contributed by atoms with E-state index < -0.39 is 0 Å². The monoisotopic (exact) mass is 428 g/mol. The molecule has 0 saturated carbocycles. The third-order valence-corrected chi connectivity index (χ3v) is 5.45. The summed E-state index contributed by atoms with van der Waals surface area (Å²) < 4.78 is 1.77. The molecule has 3 heterocycles. The van der Waals surface area contributed by atoms with Gasteiger partial charge < -0.3 is 9.80 Å². The van der Waals surface area contributed by atoms with Crippen LogP contribution >= 0.6 is 11.6 Å². The van der Waals surface area contributed by atoms with Crippen LogP contribution in [-0.2, 0) is 5.54 Å². The van der Waals surface area contributed by atoms with Crippen molar-refractivity contribution in [3.05, 3.63) is 51.4 Å². The first-order valence-electron chi connectivity index (χ1n) is 10.0. The summed E-state index contributed by atoms with van der Waals surface area (Å²) in [6.07, 6.45) is 2.33. The molecular weight excluding hydrogens is 404 g/mol. The summed E-state index contributed by atoms with van der Waals surface area (Å²) in [4.78, 5) is 36.9. The molecule has 30 heavy (non-hydrogen) atoms. The first kappa shape index (κ1) is 20.4. The van der Waals surface area contributed by atoms with Gasteiger partial charge in [0.1, 0.15) is 5.39 Å². The Kier molecular flexibility index (Phi) is 5.27. The molecule has 158 valence electrons. The molecule has 1 fully saturated rings. The molecule has 2 aromatic heterocycles. The van der Waals surface area contributed by atoms with Crippen LogP contribution in [0.1, 0.15) is 37.6 Å². The molecule has 1 aliphatic rings. The average Bonchev–Trinajstić information content (AvgIpc) is 2.98. The Bertz CT molecular complexity index is 1150. The highest BCUT2D eigenvalue weighted by molar-refractivity contribution is 6.30. The molecular formula is C21H25ClN6O2. The van der Waals surface area contributed by atoms with Crippen molar-refractivity contribution >= 4 is 34.5 Å². The summed E-state index contributed by atoms with van der Waals surface area (Å²) in [5, 5.41) is 5.38. The van der Waals surface area contributed by atoms with Crippen molar-refractivity contribution in [1.82, 2.24) is 24.6 Å². The van der Waals surface area contributed by atoms with Gasteiger partial charge in [0.15, 0.2) is 5.65 Å². The predicted molar refractivity (Wildman–Crippen MR) is 117 cm³/mol. The quantitative estimate of drug-likeness (QED) is 0.678. The van der Waals surface area contributed by atoms with Crippen molar-refractivity contribution in [1.29, 1.82) is 0 Å². The van der Waals surface area contributed by atoms with Crippen LogP contribution in [0.5, 0.6) is 0 Å². The zero-order valence-electron chi connectivity index (χ0n) is 17.4. The Morgan fingerprint density at radius 1 is 1.17 bits per heavy atom. The zero-order chi connectivity index (χ0) is 21.5. The lowest BCUT2D eigenvalue weighted by atomic mass is 10.1. The second-order valence-electron chi connectivity index (χ2n) is 8.50. The van der Waals surface area contributed by atoms with Gasteiger partial charge in [0.05, 0.1) is 11.7 Å². The number of carbonyl (C=O) groups excluding carboxylic acids is 1. The minimum Gasteiger partial charge on any atom is -0.340 e. The van der Waals surface area contributed by atoms with Gasteiger partial charge in [-0.1, -0.05) is 17.7 Å². The van der Waals surface area contributed by atoms with Crippen LogP contribution in [0.25, 0.3) is 11.0 Å². The number of rotatable bonds is 2. The van der Waals surface area contributed by atoms with Crippen molar-refractivity contribution in [2.75, 3.05) is 31.1 Å². The lowest BCUT2D eigenvalue weighted by molar-refractivity contribution is 0.0767. The molecule has 1 saturated heterocycles. The van der Waals surface area contributed by atoms with Gasteiger partial charge in [-0.3, -0.25) is 14.6 Å². The van der Waals surface area contributed by atoms with Crippen molar-refractivity contribution in [2.24, 2.45) is 0 Å². The lowest BCUT2D eigenvalue weighted by Crippen LogP contribution is -2.36. The Morgan fingerprint density at radius 3 is 2.70 bits per heavy atom. The van der Waals surface area contributed by atoms with Gasteiger partial charge in [0.25, 0.3) is 11.5 Å². The smallest absolute Gasteiger partial charge is 0.263 e. The van der Waals surface area contributed by atoms with E-state index in [0.717, 1.165) is 6.42 Å². The molecule has 1 aromatic carbocycles. The van der Waals surface area contributed by atoms with Crippen molar-refractivity contribution in [3.8, 4) is 0 Å². The molecule has 0 atom stereocenters. The first-order chi connectivity index (χ1) is 14.2. The third kappa shape index (κ3) is 3.92. The Morgan fingerprint density at radius 2 is 1.97 bits per heavy atom. The average molecular weight is 429 g/mol. The van der Waals surface area contributed by atoms with E-state index in [2.05, 4.69) is 10.1 Å². The van der Waals surface area contributed by atoms with Crippen LogP contribution in [-0.4, -0.2) is 56.7 Å². The SMILES string of the molecule is CC(C)(C)n1ncc2c(=O)[nH]c(N3CCCN(C(=O)c4cccc(Cl)c4)CC3)nc21. The molecule has 4 rings (SSSR count). The summed E-state index contributed by atoms with van der Waals surface area (Å²) in [6, 6.07) is 7.00. The Labute approximate surface area is 179 Å². The molecule has 0 aliphatic carbocycles. The van der Waals surface area contributed by atoms with Gasteiger partial charge >= 0.3 is 0 Å². The number of anilines is 1. The number of aromatic nitrogens is 4.